The number of aliphatic carboxylic acids is 1. The zero-order chi connectivity index (χ0) is 30.5. The molecule has 3 aromatic rings. The second-order valence-electron chi connectivity index (χ2n) is 9.42. The summed E-state index contributed by atoms with van der Waals surface area (Å²) in [7, 11) is 7.69. The number of rotatable bonds is 5. The van der Waals surface area contributed by atoms with E-state index in [1.807, 2.05) is 62.3 Å². The number of alkyl halides is 6. The van der Waals surface area contributed by atoms with Gasteiger partial charge in [-0.1, -0.05) is 0 Å². The van der Waals surface area contributed by atoms with Crippen LogP contribution < -0.4 is 20.0 Å². The maximum Gasteiger partial charge on any atom is 0.490 e. The fourth-order valence-corrected chi connectivity index (χ4v) is 3.95. The van der Waals surface area contributed by atoms with E-state index >= 15 is 0 Å². The summed E-state index contributed by atoms with van der Waals surface area (Å²) in [5.41, 5.74) is 2.97. The first-order valence-electron chi connectivity index (χ1n) is 12.3. The molecule has 15 heteroatoms. The SMILES string of the molecule is CN(C)c1ccc(Nc2nc(N(C)C)nc3c2CCN(c2ncccc2C(F)(F)F)CC3)cc1.O=C(O)C(F)(F)F. The Morgan fingerprint density at radius 3 is 2.07 bits per heavy atom. The maximum atomic E-state index is 13.6. The molecule has 41 heavy (non-hydrogen) atoms. The predicted octanol–water partition coefficient (Wildman–Crippen LogP) is 5.00. The molecule has 9 nitrogen and oxygen atoms in total. The van der Waals surface area contributed by atoms with Crippen molar-refractivity contribution in [3.63, 3.8) is 0 Å². The first-order chi connectivity index (χ1) is 19.1. The largest absolute Gasteiger partial charge is 0.490 e. The third-order valence-electron chi connectivity index (χ3n) is 6.01. The van der Waals surface area contributed by atoms with Gasteiger partial charge in [-0.3, -0.25) is 0 Å². The number of halogens is 6. The zero-order valence-corrected chi connectivity index (χ0v) is 22.7. The third-order valence-corrected chi connectivity index (χ3v) is 6.01. The van der Waals surface area contributed by atoms with Gasteiger partial charge in [-0.25, -0.2) is 14.8 Å². The van der Waals surface area contributed by atoms with Crippen LogP contribution in [-0.4, -0.2) is 73.5 Å². The monoisotopic (exact) mass is 585 g/mol. The maximum absolute atomic E-state index is 13.6. The molecule has 222 valence electrons. The van der Waals surface area contributed by atoms with Crippen LogP contribution in [0.5, 0.6) is 0 Å². The fraction of sp³-hybridized carbons (Fsp3) is 0.385. The van der Waals surface area contributed by atoms with Gasteiger partial charge in [0.1, 0.15) is 11.6 Å². The molecule has 0 unspecified atom stereocenters. The first kappa shape index (κ1) is 31.2. The van der Waals surface area contributed by atoms with Gasteiger partial charge in [-0.15, -0.1) is 0 Å². The van der Waals surface area contributed by atoms with Gasteiger partial charge in [0, 0.05) is 70.8 Å². The number of nitrogens with zero attached hydrogens (tertiary/aromatic N) is 6. The predicted molar refractivity (Wildman–Crippen MR) is 143 cm³/mol. The minimum Gasteiger partial charge on any atom is -0.475 e. The molecular formula is C26H29F6N7O2. The first-order valence-corrected chi connectivity index (χ1v) is 12.3. The van der Waals surface area contributed by atoms with Crippen molar-refractivity contribution < 1.29 is 36.2 Å². The lowest BCUT2D eigenvalue weighted by Crippen LogP contribution is -2.29. The fourth-order valence-electron chi connectivity index (χ4n) is 3.95. The zero-order valence-electron chi connectivity index (χ0n) is 22.7. The molecule has 1 aliphatic heterocycles. The van der Waals surface area contributed by atoms with Crippen molar-refractivity contribution in [2.24, 2.45) is 0 Å². The molecular weight excluding hydrogens is 556 g/mol. The van der Waals surface area contributed by atoms with E-state index in [1.54, 1.807) is 4.90 Å². The quantitative estimate of drug-likeness (QED) is 0.401. The summed E-state index contributed by atoms with van der Waals surface area (Å²) in [6.07, 6.45) is -7.17. The van der Waals surface area contributed by atoms with Gasteiger partial charge in [0.15, 0.2) is 0 Å². The van der Waals surface area contributed by atoms with Gasteiger partial charge < -0.3 is 25.1 Å². The number of aromatic nitrogens is 3. The van der Waals surface area contributed by atoms with E-state index in [1.165, 1.54) is 12.3 Å². The highest BCUT2D eigenvalue weighted by atomic mass is 19.4. The van der Waals surface area contributed by atoms with Crippen LogP contribution in [0.3, 0.4) is 0 Å². The van der Waals surface area contributed by atoms with Crippen molar-refractivity contribution in [3.05, 3.63) is 59.4 Å². The number of carboxylic acids is 1. The van der Waals surface area contributed by atoms with Crippen molar-refractivity contribution in [1.29, 1.82) is 0 Å². The lowest BCUT2D eigenvalue weighted by Gasteiger charge is -2.24. The Morgan fingerprint density at radius 2 is 1.54 bits per heavy atom. The highest BCUT2D eigenvalue weighted by molar-refractivity contribution is 5.73. The normalized spacial score (nSPS) is 13.4. The van der Waals surface area contributed by atoms with Crippen LogP contribution in [0.1, 0.15) is 16.8 Å². The topological polar surface area (TPSA) is 97.7 Å². The molecule has 1 aromatic carbocycles. The van der Waals surface area contributed by atoms with Crippen LogP contribution in [-0.2, 0) is 23.8 Å². The highest BCUT2D eigenvalue weighted by Gasteiger charge is 2.38. The summed E-state index contributed by atoms with van der Waals surface area (Å²) in [6, 6.07) is 10.4. The Morgan fingerprint density at radius 1 is 0.927 bits per heavy atom. The lowest BCUT2D eigenvalue weighted by molar-refractivity contribution is -0.192. The molecule has 2 aromatic heterocycles. The summed E-state index contributed by atoms with van der Waals surface area (Å²) < 4.78 is 72.5. The van der Waals surface area contributed by atoms with Crippen molar-refractivity contribution in [3.8, 4) is 0 Å². The number of pyridine rings is 1. The van der Waals surface area contributed by atoms with Gasteiger partial charge in [-0.2, -0.15) is 31.3 Å². The molecule has 0 fully saturated rings. The Kier molecular flexibility index (Phi) is 9.50. The van der Waals surface area contributed by atoms with Crippen LogP contribution in [0.15, 0.2) is 42.6 Å². The van der Waals surface area contributed by atoms with Crippen LogP contribution in [0.25, 0.3) is 0 Å². The molecule has 4 rings (SSSR count). The van der Waals surface area contributed by atoms with Gasteiger partial charge >= 0.3 is 18.3 Å². The number of benzene rings is 1. The van der Waals surface area contributed by atoms with Gasteiger partial charge in [0.2, 0.25) is 5.95 Å². The van der Waals surface area contributed by atoms with Crippen molar-refractivity contribution >= 4 is 34.9 Å². The van der Waals surface area contributed by atoms with E-state index < -0.39 is 23.9 Å². The number of anilines is 5. The number of hydrogen-bond donors (Lipinski definition) is 2. The number of nitrogens with one attached hydrogen (secondary N) is 1. The van der Waals surface area contributed by atoms with Crippen LogP contribution in [0, 0.1) is 0 Å². The van der Waals surface area contributed by atoms with Gasteiger partial charge in [-0.05, 0) is 42.8 Å². The Labute approximate surface area is 232 Å². The minimum atomic E-state index is -5.08. The molecule has 0 radical (unpaired) electrons. The van der Waals surface area contributed by atoms with E-state index in [4.69, 9.17) is 19.9 Å². The molecule has 0 aliphatic carbocycles. The second-order valence-corrected chi connectivity index (χ2v) is 9.42. The smallest absolute Gasteiger partial charge is 0.475 e. The molecule has 0 bridgehead atoms. The van der Waals surface area contributed by atoms with E-state index in [0.29, 0.717) is 37.7 Å². The molecule has 0 saturated carbocycles. The van der Waals surface area contributed by atoms with Crippen molar-refractivity contribution in [1.82, 2.24) is 15.0 Å². The molecule has 3 heterocycles. The molecule has 0 spiro atoms. The van der Waals surface area contributed by atoms with E-state index in [0.717, 1.165) is 28.7 Å². The third kappa shape index (κ3) is 8.11. The van der Waals surface area contributed by atoms with E-state index in [2.05, 4.69) is 10.3 Å². The van der Waals surface area contributed by atoms with E-state index in [9.17, 15) is 26.3 Å². The Bertz CT molecular complexity index is 1350. The summed E-state index contributed by atoms with van der Waals surface area (Å²) in [5.74, 6) is -1.58. The lowest BCUT2D eigenvalue weighted by atomic mass is 10.1. The minimum absolute atomic E-state index is 0.0441. The van der Waals surface area contributed by atoms with Crippen LogP contribution in [0.4, 0.5) is 55.3 Å². The Balaban J connectivity index is 0.000000587. The van der Waals surface area contributed by atoms with Crippen molar-refractivity contribution in [2.45, 2.75) is 25.2 Å². The number of hydrogen-bond acceptors (Lipinski definition) is 8. The van der Waals surface area contributed by atoms with Crippen LogP contribution >= 0.6 is 0 Å². The number of carbonyl (C=O) groups is 1. The van der Waals surface area contributed by atoms with E-state index in [-0.39, 0.29) is 5.82 Å². The average molecular weight is 586 g/mol. The molecule has 1 aliphatic rings. The van der Waals surface area contributed by atoms with Crippen LogP contribution in [0.2, 0.25) is 0 Å². The molecule has 0 saturated heterocycles. The number of fused-ring (bicyclic) bond motifs is 1. The average Bonchev–Trinajstić information content (AvgIpc) is 3.11. The Hall–Kier alpha value is -4.30. The van der Waals surface area contributed by atoms with Gasteiger partial charge in [0.25, 0.3) is 0 Å². The summed E-state index contributed by atoms with van der Waals surface area (Å²) in [5, 5.41) is 10.5. The van der Waals surface area contributed by atoms with Gasteiger partial charge in [0.05, 0.1) is 11.3 Å². The molecule has 0 atom stereocenters. The molecule has 0 amide bonds. The molecule has 2 N–H and O–H groups in total. The highest BCUT2D eigenvalue weighted by Crippen LogP contribution is 2.36. The summed E-state index contributed by atoms with van der Waals surface area (Å²) in [6.45, 7) is 0.764. The van der Waals surface area contributed by atoms with Crippen molar-refractivity contribution in [2.75, 3.05) is 61.3 Å². The number of carboxylic acid groups (broad SMARTS) is 1. The standard InChI is InChI=1S/C24H28F3N7.C2HF3O2/c1-32(2)17-9-7-16(8-10-17)29-21-18-11-14-34(15-12-20(18)30-23(31-21)33(3)4)22-19(24(25,26)27)6-5-13-28-22;3-2(4,5)1(6)7/h5-10,13H,11-12,14-15H2,1-4H3,(H,29,30,31);(H,6,7). The summed E-state index contributed by atoms with van der Waals surface area (Å²) >= 11 is 0. The summed E-state index contributed by atoms with van der Waals surface area (Å²) in [4.78, 5) is 27.9. The second kappa shape index (κ2) is 12.5.